The molecule has 88 valence electrons. The lowest BCUT2D eigenvalue weighted by Crippen LogP contribution is -2.38. The van der Waals surface area contributed by atoms with E-state index in [0.29, 0.717) is 0 Å². The van der Waals surface area contributed by atoms with Crippen LogP contribution in [0.2, 0.25) is 0 Å². The number of aliphatic hydroxyl groups excluding tert-OH is 1. The van der Waals surface area contributed by atoms with E-state index >= 15 is 0 Å². The van der Waals surface area contributed by atoms with E-state index in [-0.39, 0.29) is 31.4 Å². The number of aliphatic hydroxyl groups is 1. The van der Waals surface area contributed by atoms with Crippen LogP contribution in [-0.2, 0) is 9.53 Å². The molecule has 1 aromatic rings. The van der Waals surface area contributed by atoms with E-state index < -0.39 is 0 Å². The molecule has 0 radical (unpaired) electrons. The molecular weight excluding hydrogens is 226 g/mol. The van der Waals surface area contributed by atoms with E-state index in [1.807, 2.05) is 18.4 Å². The molecule has 1 aliphatic rings. The summed E-state index contributed by atoms with van der Waals surface area (Å²) >= 11 is 1.61. The standard InChI is InChI=1S/C11H15NO3S/c1-7-3-10(16-5-7)11-9(4-13)12(6-15-11)8(2)14/h3,5,9,11,13H,4,6H2,1-2H3/t9-,11-/m0/s1. The van der Waals surface area contributed by atoms with E-state index in [1.165, 1.54) is 12.5 Å². The van der Waals surface area contributed by atoms with Gasteiger partial charge in [0.15, 0.2) is 0 Å². The molecule has 0 aliphatic carbocycles. The minimum Gasteiger partial charge on any atom is -0.394 e. The number of amides is 1. The summed E-state index contributed by atoms with van der Waals surface area (Å²) in [5.41, 5.74) is 1.18. The van der Waals surface area contributed by atoms with Gasteiger partial charge in [-0.3, -0.25) is 4.79 Å². The van der Waals surface area contributed by atoms with Crippen LogP contribution in [-0.4, -0.2) is 35.3 Å². The second-order valence-corrected chi connectivity index (χ2v) is 4.92. The van der Waals surface area contributed by atoms with Crippen molar-refractivity contribution in [3.05, 3.63) is 21.9 Å². The van der Waals surface area contributed by atoms with Crippen LogP contribution in [0.4, 0.5) is 0 Å². The van der Waals surface area contributed by atoms with Gasteiger partial charge in [-0.15, -0.1) is 11.3 Å². The van der Waals surface area contributed by atoms with Crippen LogP contribution in [0.25, 0.3) is 0 Å². The van der Waals surface area contributed by atoms with Crippen LogP contribution in [0, 0.1) is 6.92 Å². The maximum atomic E-state index is 11.3. The highest BCUT2D eigenvalue weighted by Gasteiger charge is 2.37. The summed E-state index contributed by atoms with van der Waals surface area (Å²) < 4.78 is 5.59. The molecule has 0 bridgehead atoms. The molecule has 1 aromatic heterocycles. The van der Waals surface area contributed by atoms with Crippen molar-refractivity contribution in [3.63, 3.8) is 0 Å². The summed E-state index contributed by atoms with van der Waals surface area (Å²) in [5.74, 6) is -0.0603. The fraction of sp³-hybridized carbons (Fsp3) is 0.545. The molecule has 0 aromatic carbocycles. The zero-order valence-electron chi connectivity index (χ0n) is 9.34. The Morgan fingerprint density at radius 1 is 1.75 bits per heavy atom. The second-order valence-electron chi connectivity index (χ2n) is 3.98. The zero-order valence-corrected chi connectivity index (χ0v) is 10.2. The number of hydrogen-bond acceptors (Lipinski definition) is 4. The number of carbonyl (C=O) groups excluding carboxylic acids is 1. The van der Waals surface area contributed by atoms with Crippen LogP contribution in [0.1, 0.15) is 23.5 Å². The van der Waals surface area contributed by atoms with E-state index in [9.17, 15) is 9.90 Å². The Kier molecular flexibility index (Phi) is 3.28. The molecule has 0 saturated carbocycles. The minimum atomic E-state index is -0.254. The maximum Gasteiger partial charge on any atom is 0.221 e. The van der Waals surface area contributed by atoms with Crippen molar-refractivity contribution in [3.8, 4) is 0 Å². The SMILES string of the molecule is CC(=O)N1CO[C@H](c2cc(C)cs2)[C@@H]1CO. The van der Waals surface area contributed by atoms with Gasteiger partial charge < -0.3 is 14.7 Å². The molecule has 1 aliphatic heterocycles. The van der Waals surface area contributed by atoms with E-state index in [2.05, 4.69) is 0 Å². The molecule has 16 heavy (non-hydrogen) atoms. The van der Waals surface area contributed by atoms with Crippen LogP contribution < -0.4 is 0 Å². The quantitative estimate of drug-likeness (QED) is 0.849. The van der Waals surface area contributed by atoms with Gasteiger partial charge in [0, 0.05) is 11.8 Å². The Bertz CT molecular complexity index is 390. The van der Waals surface area contributed by atoms with Crippen molar-refractivity contribution in [1.29, 1.82) is 0 Å². The van der Waals surface area contributed by atoms with E-state index in [0.717, 1.165) is 4.88 Å². The van der Waals surface area contributed by atoms with Crippen molar-refractivity contribution < 1.29 is 14.6 Å². The molecule has 5 heteroatoms. The Morgan fingerprint density at radius 2 is 2.50 bits per heavy atom. The predicted molar refractivity (Wildman–Crippen MR) is 61.1 cm³/mol. The Labute approximate surface area is 98.4 Å². The number of aryl methyl sites for hydroxylation is 1. The molecule has 1 N–H and O–H groups in total. The number of hydrogen-bond donors (Lipinski definition) is 1. The Morgan fingerprint density at radius 3 is 3.00 bits per heavy atom. The molecule has 2 rings (SSSR count). The smallest absolute Gasteiger partial charge is 0.221 e. The molecule has 2 heterocycles. The van der Waals surface area contributed by atoms with Crippen LogP contribution in [0.5, 0.6) is 0 Å². The Balaban J connectivity index is 2.20. The van der Waals surface area contributed by atoms with Crippen molar-refractivity contribution in [2.75, 3.05) is 13.3 Å². The van der Waals surface area contributed by atoms with Gasteiger partial charge in [-0.25, -0.2) is 0 Å². The molecular formula is C11H15NO3S. The van der Waals surface area contributed by atoms with Crippen molar-refractivity contribution >= 4 is 17.2 Å². The van der Waals surface area contributed by atoms with Crippen LogP contribution in [0.3, 0.4) is 0 Å². The summed E-state index contributed by atoms with van der Waals surface area (Å²) in [7, 11) is 0. The molecule has 0 unspecified atom stereocenters. The lowest BCUT2D eigenvalue weighted by Gasteiger charge is -2.21. The highest BCUT2D eigenvalue weighted by molar-refractivity contribution is 7.10. The van der Waals surface area contributed by atoms with Crippen molar-refractivity contribution in [1.82, 2.24) is 4.90 Å². The first-order valence-electron chi connectivity index (χ1n) is 5.18. The van der Waals surface area contributed by atoms with Crippen molar-refractivity contribution in [2.24, 2.45) is 0 Å². The first-order chi connectivity index (χ1) is 7.63. The average Bonchev–Trinajstić information content (AvgIpc) is 2.82. The van der Waals surface area contributed by atoms with E-state index in [4.69, 9.17) is 4.74 Å². The average molecular weight is 241 g/mol. The van der Waals surface area contributed by atoms with Gasteiger partial charge >= 0.3 is 0 Å². The summed E-state index contributed by atoms with van der Waals surface area (Å²) in [5, 5.41) is 11.4. The predicted octanol–water partition coefficient (Wildman–Crippen LogP) is 1.29. The summed E-state index contributed by atoms with van der Waals surface area (Å²) in [6.07, 6.45) is -0.187. The van der Waals surface area contributed by atoms with Gasteiger partial charge in [0.25, 0.3) is 0 Å². The number of ether oxygens (including phenoxy) is 1. The number of carbonyl (C=O) groups is 1. The molecule has 1 amide bonds. The first kappa shape index (κ1) is 11.6. The lowest BCUT2D eigenvalue weighted by molar-refractivity contribution is -0.131. The normalized spacial score (nSPS) is 25.1. The fourth-order valence-electron chi connectivity index (χ4n) is 1.92. The number of nitrogens with zero attached hydrogens (tertiary/aromatic N) is 1. The number of rotatable bonds is 2. The maximum absolute atomic E-state index is 11.3. The first-order valence-corrected chi connectivity index (χ1v) is 6.06. The highest BCUT2D eigenvalue weighted by Crippen LogP contribution is 2.34. The lowest BCUT2D eigenvalue weighted by atomic mass is 10.1. The summed E-state index contributed by atoms with van der Waals surface area (Å²) in [4.78, 5) is 14.0. The van der Waals surface area contributed by atoms with Gasteiger partial charge in [-0.05, 0) is 23.9 Å². The fourth-order valence-corrected chi connectivity index (χ4v) is 2.93. The largest absolute Gasteiger partial charge is 0.394 e. The second kappa shape index (κ2) is 4.53. The third-order valence-electron chi connectivity index (χ3n) is 2.77. The van der Waals surface area contributed by atoms with Gasteiger partial charge in [0.05, 0.1) is 12.6 Å². The topological polar surface area (TPSA) is 49.8 Å². The van der Waals surface area contributed by atoms with Gasteiger partial charge in [0.1, 0.15) is 12.8 Å². The van der Waals surface area contributed by atoms with Gasteiger partial charge in [-0.2, -0.15) is 0 Å². The molecule has 0 spiro atoms. The van der Waals surface area contributed by atoms with E-state index in [1.54, 1.807) is 16.2 Å². The minimum absolute atomic E-state index is 0.0603. The third-order valence-corrected chi connectivity index (χ3v) is 3.88. The van der Waals surface area contributed by atoms with Gasteiger partial charge in [0.2, 0.25) is 5.91 Å². The van der Waals surface area contributed by atoms with Gasteiger partial charge in [-0.1, -0.05) is 0 Å². The third kappa shape index (κ3) is 1.98. The molecule has 1 fully saturated rings. The molecule has 2 atom stereocenters. The summed E-state index contributed by atoms with van der Waals surface area (Å²) in [6, 6.07) is 1.79. The van der Waals surface area contributed by atoms with Crippen LogP contribution in [0.15, 0.2) is 11.4 Å². The monoisotopic (exact) mass is 241 g/mol. The van der Waals surface area contributed by atoms with Crippen LogP contribution >= 0.6 is 11.3 Å². The Hall–Kier alpha value is -0.910. The summed E-state index contributed by atoms with van der Waals surface area (Å²) in [6.45, 7) is 3.71. The molecule has 4 nitrogen and oxygen atoms in total. The molecule has 1 saturated heterocycles. The number of thiophene rings is 1. The van der Waals surface area contributed by atoms with Crippen molar-refractivity contribution in [2.45, 2.75) is 26.0 Å². The zero-order chi connectivity index (χ0) is 11.7. The highest BCUT2D eigenvalue weighted by atomic mass is 32.1.